The maximum Gasteiger partial charge on any atom is 0.391 e. The van der Waals surface area contributed by atoms with Crippen molar-refractivity contribution in [2.75, 3.05) is 59.6 Å². The topological polar surface area (TPSA) is 66.4 Å². The average molecular weight is 473 g/mol. The second kappa shape index (κ2) is 23.4. The molecule has 0 aliphatic rings. The number of allylic oxidation sites excluding steroid dienone is 1. The van der Waals surface area contributed by atoms with Gasteiger partial charge in [-0.15, -0.1) is 6.58 Å². The first kappa shape index (κ1) is 31.3. The quantitative estimate of drug-likeness (QED) is 0.114. The lowest BCUT2D eigenvalue weighted by molar-refractivity contribution is -0.146. The van der Waals surface area contributed by atoms with E-state index in [1.807, 2.05) is 6.08 Å². The third kappa shape index (κ3) is 27.3. The Kier molecular flexibility index (Phi) is 22.9. The molecule has 1 atom stereocenters. The van der Waals surface area contributed by atoms with E-state index in [1.165, 1.54) is 32.1 Å². The van der Waals surface area contributed by atoms with Crippen LogP contribution in [0, 0.1) is 0 Å². The molecule has 0 bridgehead atoms. The molecular formula is C23H43F3O6. The van der Waals surface area contributed by atoms with Crippen LogP contribution in [0.25, 0.3) is 0 Å². The van der Waals surface area contributed by atoms with Crippen LogP contribution in [0.15, 0.2) is 12.7 Å². The molecule has 192 valence electrons. The maximum absolute atomic E-state index is 11.9. The van der Waals surface area contributed by atoms with E-state index in [0.717, 1.165) is 25.7 Å². The molecule has 0 aliphatic heterocycles. The fourth-order valence-corrected chi connectivity index (χ4v) is 2.78. The third-order valence-corrected chi connectivity index (χ3v) is 4.57. The van der Waals surface area contributed by atoms with E-state index in [0.29, 0.717) is 33.0 Å². The Balaban J connectivity index is 3.16. The van der Waals surface area contributed by atoms with E-state index in [4.69, 9.17) is 23.7 Å². The van der Waals surface area contributed by atoms with Crippen LogP contribution >= 0.6 is 0 Å². The Morgan fingerprint density at radius 3 is 1.78 bits per heavy atom. The highest BCUT2D eigenvalue weighted by molar-refractivity contribution is 4.65. The Labute approximate surface area is 191 Å². The molecule has 0 fully saturated rings. The predicted molar refractivity (Wildman–Crippen MR) is 118 cm³/mol. The van der Waals surface area contributed by atoms with Crippen LogP contribution in [-0.4, -0.2) is 77.0 Å². The van der Waals surface area contributed by atoms with Crippen LogP contribution < -0.4 is 0 Å². The minimum atomic E-state index is -4.19. The molecular weight excluding hydrogens is 429 g/mol. The number of aliphatic hydroxyl groups excluding tert-OH is 1. The number of hydrogen-bond donors (Lipinski definition) is 1. The molecule has 0 amide bonds. The third-order valence-electron chi connectivity index (χ3n) is 4.57. The minimum absolute atomic E-state index is 0.102. The zero-order chi connectivity index (χ0) is 23.8. The van der Waals surface area contributed by atoms with Crippen LogP contribution in [0.1, 0.15) is 64.2 Å². The second-order valence-corrected chi connectivity index (χ2v) is 7.59. The summed E-state index contributed by atoms with van der Waals surface area (Å²) >= 11 is 0. The monoisotopic (exact) mass is 472 g/mol. The number of rotatable bonds is 25. The highest BCUT2D eigenvalue weighted by atomic mass is 19.4. The van der Waals surface area contributed by atoms with Crippen LogP contribution in [-0.2, 0) is 23.7 Å². The zero-order valence-electron chi connectivity index (χ0n) is 19.4. The van der Waals surface area contributed by atoms with Crippen molar-refractivity contribution in [3.05, 3.63) is 12.7 Å². The largest absolute Gasteiger partial charge is 0.391 e. The number of aliphatic hydroxyl groups is 1. The Morgan fingerprint density at radius 2 is 1.19 bits per heavy atom. The molecule has 0 heterocycles. The van der Waals surface area contributed by atoms with Gasteiger partial charge in [0, 0.05) is 0 Å². The van der Waals surface area contributed by atoms with Crippen molar-refractivity contribution in [1.82, 2.24) is 0 Å². The molecule has 0 aliphatic carbocycles. The summed E-state index contributed by atoms with van der Waals surface area (Å²) in [5.41, 5.74) is 0. The van der Waals surface area contributed by atoms with E-state index >= 15 is 0 Å². The van der Waals surface area contributed by atoms with Crippen LogP contribution in [0.5, 0.6) is 0 Å². The van der Waals surface area contributed by atoms with Gasteiger partial charge >= 0.3 is 6.18 Å². The molecule has 1 unspecified atom stereocenters. The molecule has 9 heteroatoms. The summed E-state index contributed by atoms with van der Waals surface area (Å²) < 4.78 is 61.5. The smallest absolute Gasteiger partial charge is 0.391 e. The molecule has 0 radical (unpaired) electrons. The lowest BCUT2D eigenvalue weighted by Crippen LogP contribution is -2.18. The van der Waals surface area contributed by atoms with Gasteiger partial charge in [0.2, 0.25) is 0 Å². The minimum Gasteiger partial charge on any atom is -0.391 e. The maximum atomic E-state index is 11.9. The van der Waals surface area contributed by atoms with Gasteiger partial charge in [0.15, 0.2) is 0 Å². The van der Waals surface area contributed by atoms with E-state index in [1.54, 1.807) is 0 Å². The Hall–Kier alpha value is -0.710. The van der Waals surface area contributed by atoms with Gasteiger partial charge in [-0.25, -0.2) is 0 Å². The van der Waals surface area contributed by atoms with Crippen molar-refractivity contribution >= 4 is 0 Å². The molecule has 0 aromatic rings. The lowest BCUT2D eigenvalue weighted by Gasteiger charge is -2.11. The fourth-order valence-electron chi connectivity index (χ4n) is 2.78. The van der Waals surface area contributed by atoms with E-state index < -0.39 is 18.7 Å². The van der Waals surface area contributed by atoms with Gasteiger partial charge in [-0.05, 0) is 19.3 Å². The SMILES string of the molecule is C=CCCCCCCCCCC(O)COCCOCOCCOCCOCCC(F)(F)F. The summed E-state index contributed by atoms with van der Waals surface area (Å²) in [6, 6.07) is 0. The summed E-state index contributed by atoms with van der Waals surface area (Å²) in [6.45, 7) is 5.50. The number of alkyl halides is 3. The van der Waals surface area contributed by atoms with Gasteiger partial charge < -0.3 is 28.8 Å². The molecule has 32 heavy (non-hydrogen) atoms. The van der Waals surface area contributed by atoms with E-state index in [-0.39, 0.29) is 26.6 Å². The summed E-state index contributed by atoms with van der Waals surface area (Å²) in [7, 11) is 0. The standard InChI is InChI=1S/C23H43F3O6/c1-2-3-4-5-6-7-8-9-10-11-22(27)20-30-17-19-32-21-31-18-16-29-15-14-28-13-12-23(24,25)26/h2,22,27H,1,3-21H2. The Morgan fingerprint density at radius 1 is 0.688 bits per heavy atom. The first-order valence-corrected chi connectivity index (χ1v) is 11.7. The second-order valence-electron chi connectivity index (χ2n) is 7.59. The van der Waals surface area contributed by atoms with Crippen molar-refractivity contribution in [3.63, 3.8) is 0 Å². The number of unbranched alkanes of at least 4 members (excludes halogenated alkanes) is 7. The molecule has 0 rings (SSSR count). The highest BCUT2D eigenvalue weighted by Crippen LogP contribution is 2.18. The summed E-state index contributed by atoms with van der Waals surface area (Å²) in [5, 5.41) is 9.90. The molecule has 0 aromatic carbocycles. The van der Waals surface area contributed by atoms with Crippen LogP contribution in [0.4, 0.5) is 13.2 Å². The van der Waals surface area contributed by atoms with Crippen molar-refractivity contribution < 1.29 is 42.0 Å². The zero-order valence-corrected chi connectivity index (χ0v) is 19.4. The van der Waals surface area contributed by atoms with Gasteiger partial charge in [-0.2, -0.15) is 13.2 Å². The molecule has 0 aromatic heterocycles. The summed E-state index contributed by atoms with van der Waals surface area (Å²) in [4.78, 5) is 0. The van der Waals surface area contributed by atoms with Gasteiger partial charge in [0.25, 0.3) is 0 Å². The summed E-state index contributed by atoms with van der Waals surface area (Å²) in [5.74, 6) is 0. The lowest BCUT2D eigenvalue weighted by atomic mass is 10.1. The highest BCUT2D eigenvalue weighted by Gasteiger charge is 2.26. The number of hydrogen-bond acceptors (Lipinski definition) is 6. The van der Waals surface area contributed by atoms with Gasteiger partial charge in [0.05, 0.1) is 65.4 Å². The molecule has 0 spiro atoms. The van der Waals surface area contributed by atoms with E-state index in [2.05, 4.69) is 6.58 Å². The first-order chi connectivity index (χ1) is 15.5. The van der Waals surface area contributed by atoms with Crippen molar-refractivity contribution in [3.8, 4) is 0 Å². The van der Waals surface area contributed by atoms with Crippen LogP contribution in [0.3, 0.4) is 0 Å². The van der Waals surface area contributed by atoms with Gasteiger partial charge in [0.1, 0.15) is 6.79 Å². The number of halogens is 3. The van der Waals surface area contributed by atoms with Crippen LogP contribution in [0.2, 0.25) is 0 Å². The molecule has 1 N–H and O–H groups in total. The fraction of sp³-hybridized carbons (Fsp3) is 0.913. The van der Waals surface area contributed by atoms with Crippen molar-refractivity contribution in [1.29, 1.82) is 0 Å². The molecule has 0 saturated heterocycles. The first-order valence-electron chi connectivity index (χ1n) is 11.7. The summed E-state index contributed by atoms with van der Waals surface area (Å²) in [6.07, 6.45) is 6.69. The molecule has 0 saturated carbocycles. The number of ether oxygens (including phenoxy) is 5. The van der Waals surface area contributed by atoms with Gasteiger partial charge in [-0.3, -0.25) is 0 Å². The average Bonchev–Trinajstić information content (AvgIpc) is 2.74. The predicted octanol–water partition coefficient (Wildman–Crippen LogP) is 5.04. The van der Waals surface area contributed by atoms with Gasteiger partial charge in [-0.1, -0.05) is 44.6 Å². The van der Waals surface area contributed by atoms with Crippen molar-refractivity contribution in [2.45, 2.75) is 76.5 Å². The molecule has 6 nitrogen and oxygen atoms in total. The van der Waals surface area contributed by atoms with E-state index in [9.17, 15) is 18.3 Å². The van der Waals surface area contributed by atoms with Crippen molar-refractivity contribution in [2.24, 2.45) is 0 Å². The normalized spacial score (nSPS) is 12.9. The Bertz CT molecular complexity index is 396.